The van der Waals surface area contributed by atoms with Crippen LogP contribution in [0.4, 0.5) is 4.79 Å². The first kappa shape index (κ1) is 14.2. The molecule has 11 heteroatoms. The molecule has 116 valence electrons. The van der Waals surface area contributed by atoms with Crippen LogP contribution in [-0.4, -0.2) is 38.6 Å². The van der Waals surface area contributed by atoms with Gasteiger partial charge in [-0.2, -0.15) is 0 Å². The van der Waals surface area contributed by atoms with E-state index in [-0.39, 0.29) is 17.0 Å². The molecule has 5 N–H and O–H groups in total. The molecule has 3 rings (SSSR count). The maximum absolute atomic E-state index is 11.7. The van der Waals surface area contributed by atoms with Crippen LogP contribution in [-0.2, 0) is 9.59 Å². The maximum Gasteiger partial charge on any atom is 0.328 e. The Morgan fingerprint density at radius 2 is 1.57 bits per heavy atom. The molecule has 0 aromatic carbocycles. The lowest BCUT2D eigenvalue weighted by Gasteiger charge is -2.14. The summed E-state index contributed by atoms with van der Waals surface area (Å²) in [5, 5.41) is 13.4. The number of nitrogens with one attached hydrogen (secondary N) is 4. The van der Waals surface area contributed by atoms with Gasteiger partial charge in [0.1, 0.15) is 11.1 Å². The van der Waals surface area contributed by atoms with Crippen LogP contribution in [0.5, 0.6) is 5.88 Å². The second-order valence-electron chi connectivity index (χ2n) is 4.46. The van der Waals surface area contributed by atoms with Gasteiger partial charge in [0.2, 0.25) is 5.88 Å². The van der Waals surface area contributed by atoms with Gasteiger partial charge in [-0.1, -0.05) is 0 Å². The highest BCUT2D eigenvalue weighted by atomic mass is 16.3. The third kappa shape index (κ3) is 2.35. The number of carbonyl (C=O) groups excluding carboxylic acids is 3. The summed E-state index contributed by atoms with van der Waals surface area (Å²) in [6.45, 7) is 0. The van der Waals surface area contributed by atoms with Crippen LogP contribution in [0.3, 0.4) is 0 Å². The Balaban J connectivity index is 2.11. The zero-order chi connectivity index (χ0) is 16.7. The fourth-order valence-electron chi connectivity index (χ4n) is 2.05. The molecule has 1 saturated heterocycles. The number of amides is 4. The normalized spacial score (nSPS) is 17.2. The van der Waals surface area contributed by atoms with Crippen LogP contribution in [0.25, 0.3) is 0 Å². The molecule has 4 amide bonds. The number of aromatic hydroxyl groups is 1. The highest BCUT2D eigenvalue weighted by Gasteiger charge is 2.32. The molecule has 0 saturated carbocycles. The van der Waals surface area contributed by atoms with Crippen LogP contribution < -0.4 is 21.9 Å². The van der Waals surface area contributed by atoms with E-state index >= 15 is 0 Å². The first-order chi connectivity index (χ1) is 10.9. The number of urea groups is 1. The summed E-state index contributed by atoms with van der Waals surface area (Å²) in [5.74, 6) is -2.59. The Hall–Kier alpha value is -3.76. The summed E-state index contributed by atoms with van der Waals surface area (Å²) in [6, 6.07) is -0.953. The number of aromatic amines is 2. The SMILES string of the molecule is O=C1NC(=O)C(=C2C=CC(c3c(O)[nH]c(=O)[nH]c3=O)=N2)C(=O)N1. The van der Waals surface area contributed by atoms with Gasteiger partial charge in [-0.25, -0.2) is 14.6 Å². The van der Waals surface area contributed by atoms with Crippen molar-refractivity contribution in [3.8, 4) is 5.88 Å². The summed E-state index contributed by atoms with van der Waals surface area (Å²) in [5.41, 5.74) is -2.72. The molecule has 1 fully saturated rings. The van der Waals surface area contributed by atoms with E-state index in [9.17, 15) is 29.1 Å². The highest BCUT2D eigenvalue weighted by Crippen LogP contribution is 2.20. The number of hydrogen-bond acceptors (Lipinski definition) is 7. The number of aromatic nitrogens is 2. The number of nitrogens with zero attached hydrogens (tertiary/aromatic N) is 1. The van der Waals surface area contributed by atoms with Gasteiger partial charge in [0.15, 0.2) is 0 Å². The van der Waals surface area contributed by atoms with Gasteiger partial charge in [0.25, 0.3) is 17.4 Å². The number of aliphatic imine (C=N–C) groups is 1. The zero-order valence-corrected chi connectivity index (χ0v) is 11.1. The van der Waals surface area contributed by atoms with Crippen LogP contribution in [0.2, 0.25) is 0 Å². The minimum absolute atomic E-state index is 0.0694. The van der Waals surface area contributed by atoms with E-state index in [2.05, 4.69) is 4.99 Å². The second kappa shape index (κ2) is 4.91. The van der Waals surface area contributed by atoms with Gasteiger partial charge >= 0.3 is 11.7 Å². The van der Waals surface area contributed by atoms with Crippen molar-refractivity contribution in [3.63, 3.8) is 0 Å². The number of barbiturate groups is 1. The van der Waals surface area contributed by atoms with E-state index in [0.717, 1.165) is 0 Å². The fourth-order valence-corrected chi connectivity index (χ4v) is 2.05. The molecule has 3 heterocycles. The molecule has 0 unspecified atom stereocenters. The number of imide groups is 2. The Morgan fingerprint density at radius 3 is 2.17 bits per heavy atom. The second-order valence-corrected chi connectivity index (χ2v) is 4.46. The molecule has 1 aromatic rings. The number of allylic oxidation sites excluding steroid dienone is 2. The quantitative estimate of drug-likeness (QED) is 0.289. The number of carbonyl (C=O) groups is 3. The van der Waals surface area contributed by atoms with Gasteiger partial charge in [-0.05, 0) is 12.2 Å². The molecule has 2 aliphatic rings. The number of H-pyrrole nitrogens is 2. The van der Waals surface area contributed by atoms with E-state index in [1.165, 1.54) is 12.2 Å². The van der Waals surface area contributed by atoms with E-state index in [1.807, 2.05) is 20.6 Å². The average Bonchev–Trinajstić information content (AvgIpc) is 2.85. The Bertz CT molecular complexity index is 954. The number of hydrogen-bond donors (Lipinski definition) is 5. The topological polar surface area (TPSA) is 174 Å². The third-order valence-corrected chi connectivity index (χ3v) is 2.98. The first-order valence-electron chi connectivity index (χ1n) is 6.10. The smallest absolute Gasteiger partial charge is 0.328 e. The zero-order valence-electron chi connectivity index (χ0n) is 11.1. The molecule has 23 heavy (non-hydrogen) atoms. The summed E-state index contributed by atoms with van der Waals surface area (Å²) < 4.78 is 0. The van der Waals surface area contributed by atoms with E-state index in [4.69, 9.17) is 0 Å². The van der Waals surface area contributed by atoms with E-state index in [0.29, 0.717) is 0 Å². The van der Waals surface area contributed by atoms with Gasteiger partial charge in [-0.15, -0.1) is 0 Å². The molecule has 11 nitrogen and oxygen atoms in total. The molecular weight excluding hydrogens is 310 g/mol. The lowest BCUT2D eigenvalue weighted by Crippen LogP contribution is -2.51. The predicted octanol–water partition coefficient (Wildman–Crippen LogP) is -2.25. The predicted molar refractivity (Wildman–Crippen MR) is 73.7 cm³/mol. The molecule has 0 spiro atoms. The van der Waals surface area contributed by atoms with Crippen molar-refractivity contribution in [1.29, 1.82) is 0 Å². The molecule has 0 radical (unpaired) electrons. The summed E-state index contributed by atoms with van der Waals surface area (Å²) in [6.07, 6.45) is 2.52. The van der Waals surface area contributed by atoms with Crippen molar-refractivity contribution in [2.75, 3.05) is 0 Å². The third-order valence-electron chi connectivity index (χ3n) is 2.98. The van der Waals surface area contributed by atoms with Crippen molar-refractivity contribution < 1.29 is 19.5 Å². The first-order valence-corrected chi connectivity index (χ1v) is 6.10. The molecule has 0 aliphatic carbocycles. The van der Waals surface area contributed by atoms with Crippen LogP contribution in [0.15, 0.2) is 38.0 Å². The minimum Gasteiger partial charge on any atom is -0.494 e. The summed E-state index contributed by atoms with van der Waals surface area (Å²) in [4.78, 5) is 65.0. The molecule has 1 aromatic heterocycles. The van der Waals surface area contributed by atoms with Crippen LogP contribution >= 0.6 is 0 Å². The maximum atomic E-state index is 11.7. The van der Waals surface area contributed by atoms with Gasteiger partial charge in [0, 0.05) is 0 Å². The fraction of sp³-hybridized carbons (Fsp3) is 0. The van der Waals surface area contributed by atoms with Crippen molar-refractivity contribution in [1.82, 2.24) is 20.6 Å². The van der Waals surface area contributed by atoms with Crippen molar-refractivity contribution in [3.05, 3.63) is 49.8 Å². The van der Waals surface area contributed by atoms with Gasteiger partial charge < -0.3 is 5.11 Å². The Labute approximate surface area is 125 Å². The molecule has 0 bridgehead atoms. The van der Waals surface area contributed by atoms with Crippen LogP contribution in [0.1, 0.15) is 5.56 Å². The lowest BCUT2D eigenvalue weighted by atomic mass is 10.1. The highest BCUT2D eigenvalue weighted by molar-refractivity contribution is 6.30. The number of rotatable bonds is 1. The van der Waals surface area contributed by atoms with Gasteiger partial charge in [-0.3, -0.25) is 35.0 Å². The van der Waals surface area contributed by atoms with E-state index in [1.54, 1.807) is 0 Å². The monoisotopic (exact) mass is 317 g/mol. The van der Waals surface area contributed by atoms with Gasteiger partial charge in [0.05, 0.1) is 11.4 Å². The minimum atomic E-state index is -0.953. The molecule has 0 atom stereocenters. The largest absolute Gasteiger partial charge is 0.494 e. The summed E-state index contributed by atoms with van der Waals surface area (Å²) in [7, 11) is 0. The summed E-state index contributed by atoms with van der Waals surface area (Å²) >= 11 is 0. The van der Waals surface area contributed by atoms with Crippen molar-refractivity contribution >= 4 is 23.6 Å². The molecule has 2 aliphatic heterocycles. The van der Waals surface area contributed by atoms with Crippen LogP contribution in [0, 0.1) is 0 Å². The standard InChI is InChI=1S/C12H7N5O6/c18-7-5(8(19)15-11(22)14-7)3-1-2-4(13-3)6-9(20)16-12(23)17-10(6)21/h1-2H,(H2,14,15,18,19,22)(H3,16,17,20,21,23). The lowest BCUT2D eigenvalue weighted by molar-refractivity contribution is -0.124. The van der Waals surface area contributed by atoms with Crippen molar-refractivity contribution in [2.45, 2.75) is 0 Å². The van der Waals surface area contributed by atoms with E-state index < -0.39 is 40.5 Å². The Kier molecular flexibility index (Phi) is 3.03. The van der Waals surface area contributed by atoms with Crippen molar-refractivity contribution in [2.24, 2.45) is 4.99 Å². The molecular formula is C12H7N5O6. The Morgan fingerprint density at radius 1 is 0.913 bits per heavy atom. The average molecular weight is 317 g/mol.